The molecule has 1 spiro atoms. The topological polar surface area (TPSA) is 118 Å². The number of esters is 3. The van der Waals surface area contributed by atoms with Crippen LogP contribution in [0.4, 0.5) is 0 Å². The second-order valence-electron chi connectivity index (χ2n) is 13.8. The van der Waals surface area contributed by atoms with E-state index >= 15 is 0 Å². The van der Waals surface area contributed by atoms with Gasteiger partial charge in [-0.2, -0.15) is 0 Å². The van der Waals surface area contributed by atoms with Crippen molar-refractivity contribution in [3.05, 3.63) is 108 Å². The Morgan fingerprint density at radius 3 is 2.04 bits per heavy atom. The molecule has 0 saturated heterocycles. The highest BCUT2D eigenvalue weighted by atomic mass is 79.9. The van der Waals surface area contributed by atoms with Gasteiger partial charge >= 0.3 is 17.9 Å². The summed E-state index contributed by atoms with van der Waals surface area (Å²) in [5.74, 6) is 0.798. The molecule has 1 unspecified atom stereocenters. The zero-order chi connectivity index (χ0) is 39.0. The lowest BCUT2D eigenvalue weighted by Crippen LogP contribution is -2.29. The first-order valence-corrected chi connectivity index (χ1v) is 20.3. The fourth-order valence-electron chi connectivity index (χ4n) is 7.21. The average Bonchev–Trinajstić information content (AvgIpc) is 4.00. The van der Waals surface area contributed by atoms with Gasteiger partial charge in [0.1, 0.15) is 29.0 Å². The van der Waals surface area contributed by atoms with Crippen LogP contribution in [0.25, 0.3) is 0 Å². The molecule has 9 nitrogen and oxygen atoms in total. The van der Waals surface area contributed by atoms with Crippen molar-refractivity contribution in [1.29, 1.82) is 0 Å². The second kappa shape index (κ2) is 18.8. The van der Waals surface area contributed by atoms with Gasteiger partial charge in [-0.15, -0.1) is 0 Å². The number of benzene rings is 3. The lowest BCUT2D eigenvalue weighted by molar-refractivity contribution is 0.0591. The van der Waals surface area contributed by atoms with Crippen LogP contribution in [0.2, 0.25) is 0 Å². The predicted molar refractivity (Wildman–Crippen MR) is 217 cm³/mol. The van der Waals surface area contributed by atoms with Gasteiger partial charge in [0.05, 0.1) is 51.4 Å². The summed E-state index contributed by atoms with van der Waals surface area (Å²) in [6, 6.07) is 12.1. The summed E-state index contributed by atoms with van der Waals surface area (Å²) in [5, 5.41) is 10.0. The summed E-state index contributed by atoms with van der Waals surface area (Å²) < 4.78 is 28.3. The van der Waals surface area contributed by atoms with Gasteiger partial charge < -0.3 is 28.8 Å². The molecule has 7 rings (SSSR count). The Morgan fingerprint density at radius 2 is 1.44 bits per heavy atom. The zero-order valence-electron chi connectivity index (χ0n) is 30.7. The van der Waals surface area contributed by atoms with E-state index in [1.54, 1.807) is 36.4 Å². The van der Waals surface area contributed by atoms with Crippen LogP contribution in [0.15, 0.2) is 79.7 Å². The molecule has 1 N–H and O–H groups in total. The van der Waals surface area contributed by atoms with Gasteiger partial charge in [0.2, 0.25) is 0 Å². The first kappa shape index (κ1) is 41.6. The van der Waals surface area contributed by atoms with E-state index in [1.165, 1.54) is 46.2 Å². The fourth-order valence-corrected chi connectivity index (χ4v) is 8.77. The van der Waals surface area contributed by atoms with E-state index in [4.69, 9.17) is 18.9 Å². The molecule has 4 aliphatic rings. The van der Waals surface area contributed by atoms with Crippen LogP contribution in [0.5, 0.6) is 17.2 Å². The molecule has 1 heterocycles. The number of carbonyl (C=O) groups excluding carboxylic acids is 3. The maximum Gasteiger partial charge on any atom is 0.337 e. The Balaban J connectivity index is 0.000000156. The Hall–Kier alpha value is -3.61. The highest BCUT2D eigenvalue weighted by Gasteiger charge is 2.42. The minimum absolute atomic E-state index is 0.0143. The van der Waals surface area contributed by atoms with Gasteiger partial charge in [-0.25, -0.2) is 14.4 Å². The number of halogens is 3. The number of allylic oxidation sites excluding steroid dienone is 2. The van der Waals surface area contributed by atoms with Crippen LogP contribution in [0, 0.1) is 0 Å². The van der Waals surface area contributed by atoms with Crippen molar-refractivity contribution in [3.8, 4) is 17.2 Å². The van der Waals surface area contributed by atoms with Gasteiger partial charge in [0.25, 0.3) is 0 Å². The largest absolute Gasteiger partial charge is 0.506 e. The molecule has 288 valence electrons. The van der Waals surface area contributed by atoms with E-state index in [9.17, 15) is 19.5 Å². The molecular weight excluding hydrogens is 888 g/mol. The van der Waals surface area contributed by atoms with Gasteiger partial charge in [-0.05, 0) is 172 Å². The molecule has 0 bridgehead atoms. The van der Waals surface area contributed by atoms with Gasteiger partial charge in [0.15, 0.2) is 0 Å². The standard InChI is InChI=1S/3C14H15BrO3/c1-17-13(16)9-6-10-8-14(4-2-3-5-14)18-12(10)11(15)7-9;1-9-4-3-5-12(9)18-13-7-6-10(8-11(13)15)14(16)17-2;1-18-14(17)11-7-10(13(16)12(15)8-11)6-9-4-2-3-5-9/h6-7H,2-5,8H2,1H3;6-8,12H,1,3-5H2,2H3;4,7-8,16H,2-3,5-6H2,1H3. The summed E-state index contributed by atoms with van der Waals surface area (Å²) in [6.45, 7) is 4.01. The summed E-state index contributed by atoms with van der Waals surface area (Å²) in [4.78, 5) is 34.5. The van der Waals surface area contributed by atoms with Crippen molar-refractivity contribution >= 4 is 65.7 Å². The van der Waals surface area contributed by atoms with Crippen LogP contribution < -0.4 is 9.47 Å². The Morgan fingerprint density at radius 1 is 0.815 bits per heavy atom. The third-order valence-corrected chi connectivity index (χ3v) is 11.9. The Labute approximate surface area is 341 Å². The fraction of sp³-hybridized carbons (Fsp3) is 0.405. The summed E-state index contributed by atoms with van der Waals surface area (Å²) in [7, 11) is 4.11. The van der Waals surface area contributed by atoms with E-state index in [0.29, 0.717) is 27.6 Å². The van der Waals surface area contributed by atoms with Gasteiger partial charge in [-0.3, -0.25) is 0 Å². The number of ether oxygens (including phenoxy) is 5. The molecule has 3 aliphatic carbocycles. The summed E-state index contributed by atoms with van der Waals surface area (Å²) in [6.07, 6.45) is 15.1. The van der Waals surface area contributed by atoms with Crippen molar-refractivity contribution in [2.75, 3.05) is 21.3 Å². The minimum atomic E-state index is -0.391. The SMILES string of the molecule is C=C1CCCC1Oc1ccc(C(=O)OC)cc1Br.COC(=O)c1cc(Br)c(O)c(CC2=CCCC2)c1.COC(=O)c1cc(Br)c2c(c1)CC1(CCCC1)O2. The molecule has 3 aromatic carbocycles. The highest BCUT2D eigenvalue weighted by Crippen LogP contribution is 2.48. The molecule has 0 aromatic heterocycles. The number of phenolic OH excluding ortho intramolecular Hbond substituents is 1. The van der Waals surface area contributed by atoms with Crippen molar-refractivity contribution in [1.82, 2.24) is 0 Å². The third-order valence-electron chi connectivity index (χ3n) is 10.0. The number of rotatable bonds is 7. The first-order chi connectivity index (χ1) is 25.9. The van der Waals surface area contributed by atoms with Crippen LogP contribution in [-0.2, 0) is 27.1 Å². The van der Waals surface area contributed by atoms with E-state index in [0.717, 1.165) is 88.5 Å². The highest BCUT2D eigenvalue weighted by molar-refractivity contribution is 9.11. The number of hydrogen-bond acceptors (Lipinski definition) is 9. The maximum absolute atomic E-state index is 11.6. The van der Waals surface area contributed by atoms with Crippen LogP contribution in [0.1, 0.15) is 106 Å². The molecule has 0 amide bonds. The molecule has 12 heteroatoms. The molecule has 2 saturated carbocycles. The van der Waals surface area contributed by atoms with E-state index in [-0.39, 0.29) is 29.4 Å². The Kier molecular flexibility index (Phi) is 14.5. The van der Waals surface area contributed by atoms with Crippen LogP contribution in [0.3, 0.4) is 0 Å². The van der Waals surface area contributed by atoms with Gasteiger partial charge in [-0.1, -0.05) is 18.2 Å². The monoisotopic (exact) mass is 930 g/mol. The van der Waals surface area contributed by atoms with Crippen LogP contribution >= 0.6 is 47.8 Å². The number of hydrogen-bond donors (Lipinski definition) is 1. The minimum Gasteiger partial charge on any atom is -0.506 e. The normalized spacial score (nSPS) is 17.6. The molecule has 3 aromatic rings. The summed E-state index contributed by atoms with van der Waals surface area (Å²) >= 11 is 10.2. The van der Waals surface area contributed by atoms with Crippen molar-refractivity contribution in [2.45, 2.75) is 88.8 Å². The number of methoxy groups -OCH3 is 3. The maximum atomic E-state index is 11.6. The lowest BCUT2D eigenvalue weighted by Gasteiger charge is -2.22. The van der Waals surface area contributed by atoms with Crippen molar-refractivity contribution < 1.29 is 43.2 Å². The first-order valence-electron chi connectivity index (χ1n) is 18.0. The number of carbonyl (C=O) groups is 3. The molecule has 1 atom stereocenters. The number of fused-ring (bicyclic) bond motifs is 1. The predicted octanol–water partition coefficient (Wildman–Crippen LogP) is 10.8. The van der Waals surface area contributed by atoms with E-state index < -0.39 is 5.97 Å². The summed E-state index contributed by atoms with van der Waals surface area (Å²) in [5.41, 5.74) is 5.86. The number of phenols is 1. The van der Waals surface area contributed by atoms with E-state index in [1.807, 2.05) is 6.07 Å². The second-order valence-corrected chi connectivity index (χ2v) is 16.4. The molecule has 1 aliphatic heterocycles. The molecular formula is C42H45Br3O9. The van der Waals surface area contributed by atoms with Crippen molar-refractivity contribution in [3.63, 3.8) is 0 Å². The zero-order valence-corrected chi connectivity index (χ0v) is 35.5. The lowest BCUT2D eigenvalue weighted by atomic mass is 9.95. The van der Waals surface area contributed by atoms with Crippen molar-refractivity contribution in [2.24, 2.45) is 0 Å². The van der Waals surface area contributed by atoms with Crippen LogP contribution in [-0.4, -0.2) is 56.0 Å². The molecule has 0 radical (unpaired) electrons. The number of aromatic hydroxyl groups is 1. The van der Waals surface area contributed by atoms with E-state index in [2.05, 4.69) is 65.2 Å². The smallest absolute Gasteiger partial charge is 0.337 e. The van der Waals surface area contributed by atoms with Gasteiger partial charge in [0, 0.05) is 12.0 Å². The molecule has 54 heavy (non-hydrogen) atoms. The third kappa shape index (κ3) is 10.2. The Bertz CT molecular complexity index is 1930. The molecule has 2 fully saturated rings. The average molecular weight is 934 g/mol. The quantitative estimate of drug-likeness (QED) is 0.140.